The Labute approximate surface area is 170 Å². The van der Waals surface area contributed by atoms with Crippen LogP contribution in [0.2, 0.25) is 0 Å². The van der Waals surface area contributed by atoms with Gasteiger partial charge in [-0.3, -0.25) is 9.36 Å². The summed E-state index contributed by atoms with van der Waals surface area (Å²) in [5.74, 6) is 0.0138. The van der Waals surface area contributed by atoms with Crippen molar-refractivity contribution in [2.24, 2.45) is 0 Å². The van der Waals surface area contributed by atoms with Crippen molar-refractivity contribution in [2.45, 2.75) is 25.2 Å². The maximum absolute atomic E-state index is 12.4. The summed E-state index contributed by atoms with van der Waals surface area (Å²) in [6.45, 7) is -3.71. The van der Waals surface area contributed by atoms with Crippen molar-refractivity contribution in [2.75, 3.05) is 11.9 Å². The van der Waals surface area contributed by atoms with Crippen LogP contribution >= 0.6 is 6.72 Å². The van der Waals surface area contributed by atoms with E-state index in [4.69, 9.17) is 9.26 Å². The number of nitrogens with zero attached hydrogens (tertiary/aromatic N) is 4. The number of benzene rings is 1. The van der Waals surface area contributed by atoms with Gasteiger partial charge in [0.25, 0.3) is 5.91 Å². The second-order valence-corrected chi connectivity index (χ2v) is 9.11. The lowest BCUT2D eigenvalue weighted by Gasteiger charge is -2.16. The molecule has 3 aromatic rings. The Bertz CT molecular complexity index is 1070. The van der Waals surface area contributed by atoms with E-state index in [2.05, 4.69) is 32.1 Å². The van der Waals surface area contributed by atoms with Crippen LogP contribution in [0.4, 0.5) is 5.82 Å². The first-order valence-electron chi connectivity index (χ1n) is 8.80. The van der Waals surface area contributed by atoms with Gasteiger partial charge in [0.1, 0.15) is 12.6 Å². The lowest BCUT2D eigenvalue weighted by atomic mass is 10.2. The Morgan fingerprint density at radius 1 is 1.28 bits per heavy atom. The average molecular weight is 435 g/mol. The zero-order chi connectivity index (χ0) is 20.4. The van der Waals surface area contributed by atoms with Crippen LogP contribution in [0, 0.1) is 0 Å². The zero-order valence-electron chi connectivity index (χ0n) is 15.1. The van der Waals surface area contributed by atoms with Gasteiger partial charge in [-0.1, -0.05) is 18.2 Å². The van der Waals surface area contributed by atoms with Crippen LogP contribution in [0.3, 0.4) is 0 Å². The van der Waals surface area contributed by atoms with Gasteiger partial charge in [0.15, 0.2) is 17.0 Å². The highest BCUT2D eigenvalue weighted by Gasteiger charge is 2.29. The van der Waals surface area contributed by atoms with Crippen LogP contribution in [-0.4, -0.2) is 47.9 Å². The number of carbonyl (C=O) groups excluding carboxylic acids is 1. The third kappa shape index (κ3) is 4.67. The summed E-state index contributed by atoms with van der Waals surface area (Å²) in [6, 6.07) is 8.81. The van der Waals surface area contributed by atoms with Gasteiger partial charge in [-0.25, -0.2) is 15.0 Å². The van der Waals surface area contributed by atoms with Crippen molar-refractivity contribution in [3.8, 4) is 0 Å². The van der Waals surface area contributed by atoms with Gasteiger partial charge < -0.3 is 24.4 Å². The number of fused-ring (bicyclic) bond motifs is 1. The average Bonchev–Trinajstić information content (AvgIpc) is 3.34. The standard InChI is InChI=1S/C17H18N5O5PS/c23-17(11-4-2-1-3-5-11)21-15-14-16(19-9-18-15)22(10-20-14)13-7-6-12(27-13)8-26-28(24,25)29/h1-5,9-10,12-13H,6-8H2,(H2,24,25,29)(H,18,19,21,23)/t12-,13+/m0/s1. The van der Waals surface area contributed by atoms with Gasteiger partial charge in [-0.05, 0) is 36.8 Å². The molecule has 1 saturated heterocycles. The van der Waals surface area contributed by atoms with E-state index in [-0.39, 0.29) is 24.8 Å². The first-order valence-corrected chi connectivity index (χ1v) is 11.4. The van der Waals surface area contributed by atoms with Crippen LogP contribution in [0.15, 0.2) is 43.0 Å². The molecule has 12 heteroatoms. The predicted molar refractivity (Wildman–Crippen MR) is 108 cm³/mol. The number of imidazole rings is 1. The Morgan fingerprint density at radius 2 is 2.07 bits per heavy atom. The van der Waals surface area contributed by atoms with E-state index in [1.165, 1.54) is 6.33 Å². The smallest absolute Gasteiger partial charge is 0.321 e. The largest absolute Gasteiger partial charge is 0.352 e. The molecule has 1 aliphatic rings. The molecule has 3 N–H and O–H groups in total. The van der Waals surface area contributed by atoms with E-state index in [0.717, 1.165) is 0 Å². The minimum atomic E-state index is -3.71. The SMILES string of the molecule is O=C(Nc1ncnc2c1ncn2[C@H]1CC[C@@H](COP(O)(O)=S)O1)c1ccccc1. The Hall–Kier alpha value is -2.27. The number of ether oxygens (including phenoxy) is 1. The molecular formula is C17H18N5O5PS. The van der Waals surface area contributed by atoms with E-state index >= 15 is 0 Å². The third-order valence-electron chi connectivity index (χ3n) is 4.45. The number of anilines is 1. The molecule has 0 spiro atoms. The van der Waals surface area contributed by atoms with Crippen molar-refractivity contribution >= 4 is 41.4 Å². The highest BCUT2D eigenvalue weighted by Crippen LogP contribution is 2.39. The highest BCUT2D eigenvalue weighted by atomic mass is 32.5. The molecule has 29 heavy (non-hydrogen) atoms. The Kier molecular flexibility index (Phi) is 5.68. The summed E-state index contributed by atoms with van der Waals surface area (Å²) in [5, 5.41) is 2.76. The summed E-state index contributed by atoms with van der Waals surface area (Å²) >= 11 is 4.45. The predicted octanol–water partition coefficient (Wildman–Crippen LogP) is 1.98. The number of hydrogen-bond acceptors (Lipinski definition) is 7. The van der Waals surface area contributed by atoms with Crippen molar-refractivity contribution in [1.29, 1.82) is 0 Å². The normalized spacial score (nSPS) is 19.5. The fourth-order valence-corrected chi connectivity index (χ4v) is 3.66. The number of aromatic nitrogens is 4. The van der Waals surface area contributed by atoms with E-state index in [1.54, 1.807) is 35.2 Å². The Balaban J connectivity index is 1.51. The van der Waals surface area contributed by atoms with Gasteiger partial charge in [-0.15, -0.1) is 0 Å². The van der Waals surface area contributed by atoms with Crippen LogP contribution in [-0.2, 0) is 21.1 Å². The molecule has 0 radical (unpaired) electrons. The lowest BCUT2D eigenvalue weighted by Crippen LogP contribution is -2.16. The van der Waals surface area contributed by atoms with Gasteiger partial charge >= 0.3 is 6.72 Å². The van der Waals surface area contributed by atoms with Crippen molar-refractivity contribution in [3.63, 3.8) is 0 Å². The number of amides is 1. The van der Waals surface area contributed by atoms with Crippen LogP contribution < -0.4 is 5.32 Å². The summed E-state index contributed by atoms with van der Waals surface area (Å²) < 4.78 is 12.5. The third-order valence-corrected chi connectivity index (χ3v) is 5.25. The maximum atomic E-state index is 12.4. The summed E-state index contributed by atoms with van der Waals surface area (Å²) in [7, 11) is 0. The first kappa shape index (κ1) is 20.0. The molecule has 1 fully saturated rings. The van der Waals surface area contributed by atoms with Crippen LogP contribution in [0.1, 0.15) is 29.4 Å². The van der Waals surface area contributed by atoms with Gasteiger partial charge in [0.05, 0.1) is 19.0 Å². The van der Waals surface area contributed by atoms with Crippen LogP contribution in [0.25, 0.3) is 11.2 Å². The van der Waals surface area contributed by atoms with Crippen molar-refractivity contribution < 1.29 is 23.8 Å². The molecular weight excluding hydrogens is 417 g/mol. The fraction of sp³-hybridized carbons (Fsp3) is 0.294. The van der Waals surface area contributed by atoms with Crippen molar-refractivity contribution in [1.82, 2.24) is 19.5 Å². The molecule has 0 aliphatic carbocycles. The molecule has 152 valence electrons. The summed E-state index contributed by atoms with van der Waals surface area (Å²) in [5.41, 5.74) is 1.47. The van der Waals surface area contributed by atoms with E-state index in [9.17, 15) is 14.6 Å². The number of carbonyl (C=O) groups is 1. The molecule has 0 bridgehead atoms. The van der Waals surface area contributed by atoms with Gasteiger partial charge in [0.2, 0.25) is 0 Å². The molecule has 0 saturated carbocycles. The lowest BCUT2D eigenvalue weighted by molar-refractivity contribution is -0.0178. The molecule has 1 amide bonds. The first-order chi connectivity index (χ1) is 13.9. The van der Waals surface area contributed by atoms with E-state index < -0.39 is 6.72 Å². The number of rotatable bonds is 6. The van der Waals surface area contributed by atoms with E-state index in [0.29, 0.717) is 35.4 Å². The molecule has 1 aliphatic heterocycles. The molecule has 2 atom stereocenters. The topological polar surface area (TPSA) is 132 Å². The minimum absolute atomic E-state index is 0.000768. The zero-order valence-corrected chi connectivity index (χ0v) is 16.8. The van der Waals surface area contributed by atoms with Crippen LogP contribution in [0.5, 0.6) is 0 Å². The monoisotopic (exact) mass is 435 g/mol. The van der Waals surface area contributed by atoms with Gasteiger partial charge in [-0.2, -0.15) is 0 Å². The van der Waals surface area contributed by atoms with Crippen molar-refractivity contribution in [3.05, 3.63) is 48.5 Å². The highest BCUT2D eigenvalue weighted by molar-refractivity contribution is 8.06. The summed E-state index contributed by atoms with van der Waals surface area (Å²) in [4.78, 5) is 43.6. The molecule has 10 nitrogen and oxygen atoms in total. The second kappa shape index (κ2) is 8.23. The Morgan fingerprint density at radius 3 is 2.83 bits per heavy atom. The molecule has 2 aromatic heterocycles. The molecule has 4 rings (SSSR count). The quantitative estimate of drug-likeness (QED) is 0.497. The number of hydrogen-bond donors (Lipinski definition) is 3. The molecule has 0 unspecified atom stereocenters. The maximum Gasteiger partial charge on any atom is 0.321 e. The molecule has 3 heterocycles. The number of nitrogens with one attached hydrogen (secondary N) is 1. The fourth-order valence-electron chi connectivity index (χ4n) is 3.12. The molecule has 1 aromatic carbocycles. The minimum Gasteiger partial charge on any atom is -0.352 e. The second-order valence-electron chi connectivity index (χ2n) is 6.44. The van der Waals surface area contributed by atoms with E-state index in [1.807, 2.05) is 6.07 Å². The summed E-state index contributed by atoms with van der Waals surface area (Å²) in [6.07, 6.45) is 3.57. The van der Waals surface area contributed by atoms with Gasteiger partial charge in [0, 0.05) is 5.56 Å².